The van der Waals surface area contributed by atoms with Crippen molar-refractivity contribution >= 4 is 5.97 Å². The number of nitrogens with zero attached hydrogens (tertiary/aromatic N) is 1. The van der Waals surface area contributed by atoms with Gasteiger partial charge in [0.25, 0.3) is 0 Å². The van der Waals surface area contributed by atoms with E-state index in [-0.39, 0.29) is 11.5 Å². The van der Waals surface area contributed by atoms with Crippen LogP contribution in [0.15, 0.2) is 34.9 Å². The summed E-state index contributed by atoms with van der Waals surface area (Å²) < 4.78 is 4.97. The summed E-state index contributed by atoms with van der Waals surface area (Å²) in [6, 6.07) is 9.64. The van der Waals surface area contributed by atoms with Crippen LogP contribution in [0.25, 0.3) is 0 Å². The minimum Gasteiger partial charge on any atom is -0.477 e. The second-order valence-corrected chi connectivity index (χ2v) is 3.94. The summed E-state index contributed by atoms with van der Waals surface area (Å²) >= 11 is 0. The highest BCUT2D eigenvalue weighted by molar-refractivity contribution is 5.90. The molecule has 0 aliphatic rings. The van der Waals surface area contributed by atoms with E-state index < -0.39 is 5.97 Å². The molecule has 1 heterocycles. The molecule has 0 aliphatic heterocycles. The Kier molecular flexibility index (Phi) is 2.95. The van der Waals surface area contributed by atoms with Gasteiger partial charge in [0.05, 0.1) is 0 Å². The molecule has 0 amide bonds. The number of hydrogen-bond donors (Lipinski definition) is 1. The van der Waals surface area contributed by atoms with E-state index in [2.05, 4.69) is 5.16 Å². The number of aromatic carboxylic acids is 1. The molecule has 0 spiro atoms. The second-order valence-electron chi connectivity index (χ2n) is 3.94. The summed E-state index contributed by atoms with van der Waals surface area (Å²) in [6.45, 7) is 3.52. The van der Waals surface area contributed by atoms with Crippen LogP contribution in [0.5, 0.6) is 0 Å². The molecule has 1 aromatic carbocycles. The molecule has 1 atom stereocenters. The molecule has 1 N–H and O–H groups in total. The van der Waals surface area contributed by atoms with Crippen LogP contribution in [0.3, 0.4) is 0 Å². The Morgan fingerprint density at radius 3 is 2.59 bits per heavy atom. The lowest BCUT2D eigenvalue weighted by Gasteiger charge is -2.09. The molecule has 2 aromatic rings. The van der Waals surface area contributed by atoms with E-state index >= 15 is 0 Å². The molecule has 1 unspecified atom stereocenters. The number of aryl methyl sites for hydroxylation is 1. The molecule has 1 aromatic heterocycles. The summed E-state index contributed by atoms with van der Waals surface area (Å²) in [5, 5.41) is 13.0. The van der Waals surface area contributed by atoms with Crippen molar-refractivity contribution in [3.05, 3.63) is 52.9 Å². The zero-order valence-corrected chi connectivity index (χ0v) is 9.68. The summed E-state index contributed by atoms with van der Waals surface area (Å²) in [4.78, 5) is 11.1. The van der Waals surface area contributed by atoms with Gasteiger partial charge in [-0.2, -0.15) is 0 Å². The molecule has 2 rings (SSSR count). The van der Waals surface area contributed by atoms with Crippen LogP contribution in [0.1, 0.15) is 40.2 Å². The first-order chi connectivity index (χ1) is 8.11. The lowest BCUT2D eigenvalue weighted by molar-refractivity contribution is 0.0694. The maximum absolute atomic E-state index is 11.1. The van der Waals surface area contributed by atoms with E-state index in [1.807, 2.05) is 37.3 Å². The topological polar surface area (TPSA) is 63.3 Å². The first-order valence-corrected chi connectivity index (χ1v) is 5.35. The SMILES string of the molecule is Cc1onc(C(C)c2ccccc2)c1C(=O)O. The molecular weight excluding hydrogens is 218 g/mol. The molecule has 0 fully saturated rings. The van der Waals surface area contributed by atoms with Gasteiger partial charge in [0.1, 0.15) is 17.0 Å². The van der Waals surface area contributed by atoms with Crippen LogP contribution in [-0.4, -0.2) is 16.2 Å². The van der Waals surface area contributed by atoms with E-state index in [9.17, 15) is 4.79 Å². The fraction of sp³-hybridized carbons (Fsp3) is 0.231. The molecule has 4 heteroatoms. The van der Waals surface area contributed by atoms with Crippen molar-refractivity contribution in [1.29, 1.82) is 0 Å². The fourth-order valence-corrected chi connectivity index (χ4v) is 1.84. The van der Waals surface area contributed by atoms with E-state index in [1.54, 1.807) is 6.92 Å². The van der Waals surface area contributed by atoms with Gasteiger partial charge in [-0.1, -0.05) is 42.4 Å². The lowest BCUT2D eigenvalue weighted by Crippen LogP contribution is -2.06. The van der Waals surface area contributed by atoms with Gasteiger partial charge in [0, 0.05) is 5.92 Å². The largest absolute Gasteiger partial charge is 0.477 e. The van der Waals surface area contributed by atoms with Crippen LogP contribution in [0.4, 0.5) is 0 Å². The van der Waals surface area contributed by atoms with Gasteiger partial charge in [-0.3, -0.25) is 0 Å². The summed E-state index contributed by atoms with van der Waals surface area (Å²) in [6.07, 6.45) is 0. The van der Waals surface area contributed by atoms with E-state index in [0.29, 0.717) is 11.5 Å². The maximum atomic E-state index is 11.1. The number of rotatable bonds is 3. The molecule has 4 nitrogen and oxygen atoms in total. The van der Waals surface area contributed by atoms with Crippen molar-refractivity contribution in [2.75, 3.05) is 0 Å². The van der Waals surface area contributed by atoms with Gasteiger partial charge in [0.15, 0.2) is 0 Å². The smallest absolute Gasteiger partial charge is 0.341 e. The third-order valence-corrected chi connectivity index (χ3v) is 2.81. The van der Waals surface area contributed by atoms with Gasteiger partial charge >= 0.3 is 5.97 Å². The summed E-state index contributed by atoms with van der Waals surface area (Å²) in [5.41, 5.74) is 1.66. The molecule has 88 valence electrons. The average Bonchev–Trinajstić information content (AvgIpc) is 2.71. The van der Waals surface area contributed by atoms with Crippen LogP contribution in [0, 0.1) is 6.92 Å². The maximum Gasteiger partial charge on any atom is 0.341 e. The number of carbonyl (C=O) groups is 1. The summed E-state index contributed by atoms with van der Waals surface area (Å²) in [7, 11) is 0. The highest BCUT2D eigenvalue weighted by atomic mass is 16.5. The predicted molar refractivity (Wildman–Crippen MR) is 62.2 cm³/mol. The molecule has 0 bridgehead atoms. The fourth-order valence-electron chi connectivity index (χ4n) is 1.84. The zero-order valence-electron chi connectivity index (χ0n) is 9.68. The van der Waals surface area contributed by atoms with Gasteiger partial charge < -0.3 is 9.63 Å². The zero-order chi connectivity index (χ0) is 12.4. The highest BCUT2D eigenvalue weighted by Gasteiger charge is 2.24. The average molecular weight is 231 g/mol. The monoisotopic (exact) mass is 231 g/mol. The van der Waals surface area contributed by atoms with Gasteiger partial charge in [-0.05, 0) is 12.5 Å². The lowest BCUT2D eigenvalue weighted by atomic mass is 9.94. The Morgan fingerprint density at radius 2 is 2.00 bits per heavy atom. The van der Waals surface area contributed by atoms with Crippen LogP contribution < -0.4 is 0 Å². The van der Waals surface area contributed by atoms with Crippen molar-refractivity contribution in [3.8, 4) is 0 Å². The van der Waals surface area contributed by atoms with Crippen LogP contribution in [-0.2, 0) is 0 Å². The first-order valence-electron chi connectivity index (χ1n) is 5.35. The number of aromatic nitrogens is 1. The van der Waals surface area contributed by atoms with Crippen molar-refractivity contribution in [2.24, 2.45) is 0 Å². The Morgan fingerprint density at radius 1 is 1.35 bits per heavy atom. The quantitative estimate of drug-likeness (QED) is 0.882. The molecular formula is C13H13NO3. The van der Waals surface area contributed by atoms with Gasteiger partial charge in [0.2, 0.25) is 0 Å². The molecule has 0 radical (unpaired) electrons. The second kappa shape index (κ2) is 4.41. The van der Waals surface area contributed by atoms with Crippen LogP contribution in [0.2, 0.25) is 0 Å². The first kappa shape index (κ1) is 11.4. The Bertz CT molecular complexity index is 531. The van der Waals surface area contributed by atoms with E-state index in [1.165, 1.54) is 0 Å². The molecule has 0 aliphatic carbocycles. The summed E-state index contributed by atoms with van der Waals surface area (Å²) in [5.74, 6) is -0.753. The van der Waals surface area contributed by atoms with Crippen LogP contribution >= 0.6 is 0 Å². The van der Waals surface area contributed by atoms with Gasteiger partial charge in [-0.15, -0.1) is 0 Å². The van der Waals surface area contributed by atoms with Crippen molar-refractivity contribution in [1.82, 2.24) is 5.16 Å². The third kappa shape index (κ3) is 2.06. The van der Waals surface area contributed by atoms with Crippen molar-refractivity contribution in [3.63, 3.8) is 0 Å². The minimum absolute atomic E-state index is 0.0975. The third-order valence-electron chi connectivity index (χ3n) is 2.81. The predicted octanol–water partition coefficient (Wildman–Crippen LogP) is 2.83. The number of carboxylic acids is 1. The molecule has 17 heavy (non-hydrogen) atoms. The Hall–Kier alpha value is -2.10. The number of benzene rings is 1. The normalized spacial score (nSPS) is 12.4. The van der Waals surface area contributed by atoms with Crippen molar-refractivity contribution < 1.29 is 14.4 Å². The highest BCUT2D eigenvalue weighted by Crippen LogP contribution is 2.27. The number of hydrogen-bond acceptors (Lipinski definition) is 3. The van der Waals surface area contributed by atoms with E-state index in [0.717, 1.165) is 5.56 Å². The minimum atomic E-state index is -0.999. The van der Waals surface area contributed by atoms with Gasteiger partial charge in [-0.25, -0.2) is 4.79 Å². The molecule has 0 saturated heterocycles. The standard InChI is InChI=1S/C13H13NO3/c1-8(10-6-4-3-5-7-10)12-11(13(15)16)9(2)17-14-12/h3-8H,1-2H3,(H,15,16). The number of carboxylic acid groups (broad SMARTS) is 1. The molecule has 0 saturated carbocycles. The van der Waals surface area contributed by atoms with E-state index in [4.69, 9.17) is 9.63 Å². The van der Waals surface area contributed by atoms with Crippen molar-refractivity contribution in [2.45, 2.75) is 19.8 Å². The Balaban J connectivity index is 2.45. The Labute approximate surface area is 98.9 Å².